The number of hydrogen-bond donors (Lipinski definition) is 2. The van der Waals surface area contributed by atoms with E-state index in [1.807, 2.05) is 0 Å². The van der Waals surface area contributed by atoms with Crippen LogP contribution in [0.1, 0.15) is 10.5 Å². The third-order valence-corrected chi connectivity index (χ3v) is 2.73. The molecule has 1 amide bonds. The molecule has 2 aromatic rings. The van der Waals surface area contributed by atoms with Crippen LogP contribution in [0.3, 0.4) is 0 Å². The quantitative estimate of drug-likeness (QED) is 0.852. The van der Waals surface area contributed by atoms with Crippen molar-refractivity contribution in [2.24, 2.45) is 0 Å². The number of hydrogen-bond acceptors (Lipinski definition) is 4. The molecule has 1 heterocycles. The minimum absolute atomic E-state index is 0.0481. The average Bonchev–Trinajstić information content (AvgIpc) is 2.83. The monoisotopic (exact) mass is 288 g/mol. The van der Waals surface area contributed by atoms with Crippen LogP contribution < -0.4 is 5.32 Å². The second kappa shape index (κ2) is 5.31. The van der Waals surface area contributed by atoms with E-state index in [4.69, 9.17) is 0 Å². The van der Waals surface area contributed by atoms with Crippen LogP contribution in [-0.4, -0.2) is 26.8 Å². The summed E-state index contributed by atoms with van der Waals surface area (Å²) in [5.74, 6) is -0.495. The molecule has 0 aliphatic heterocycles. The summed E-state index contributed by atoms with van der Waals surface area (Å²) in [5, 5.41) is 11.8. The maximum atomic E-state index is 12.1. The topological polar surface area (TPSA) is 70.7 Å². The van der Waals surface area contributed by atoms with Crippen molar-refractivity contribution in [2.75, 3.05) is 5.32 Å². The van der Waals surface area contributed by atoms with E-state index < -0.39 is 11.4 Å². The zero-order chi connectivity index (χ0) is 13.9. The van der Waals surface area contributed by atoms with E-state index in [1.54, 1.807) is 0 Å². The van der Waals surface area contributed by atoms with E-state index >= 15 is 0 Å². The highest BCUT2D eigenvalue weighted by molar-refractivity contribution is 8.00. The third kappa shape index (κ3) is 3.98. The molecule has 0 spiro atoms. The largest absolute Gasteiger partial charge is 0.446 e. The van der Waals surface area contributed by atoms with E-state index in [0.717, 1.165) is 0 Å². The maximum absolute atomic E-state index is 12.1. The number of rotatable bonds is 3. The standard InChI is InChI=1S/C10H7F3N4OS/c11-10(12,13)19-7-3-1-6(2-4-7)15-9(18)8-5-14-17-16-8/h1-5H,(H,15,18)(H,14,16,17). The number of nitrogens with zero attached hydrogens (tertiary/aromatic N) is 2. The Morgan fingerprint density at radius 2 is 1.95 bits per heavy atom. The first-order valence-electron chi connectivity index (χ1n) is 4.97. The summed E-state index contributed by atoms with van der Waals surface area (Å²) in [6, 6.07) is 5.31. The van der Waals surface area contributed by atoms with E-state index in [0.29, 0.717) is 5.69 Å². The zero-order valence-electron chi connectivity index (χ0n) is 9.23. The maximum Gasteiger partial charge on any atom is 0.446 e. The van der Waals surface area contributed by atoms with Crippen LogP contribution in [0.15, 0.2) is 35.4 Å². The number of carbonyl (C=O) groups is 1. The molecule has 0 radical (unpaired) electrons. The first-order valence-corrected chi connectivity index (χ1v) is 5.78. The Balaban J connectivity index is 2.01. The Morgan fingerprint density at radius 3 is 2.47 bits per heavy atom. The summed E-state index contributed by atoms with van der Waals surface area (Å²) < 4.78 is 36.3. The number of benzene rings is 1. The Kier molecular flexibility index (Phi) is 3.74. The van der Waals surface area contributed by atoms with Crippen LogP contribution in [0.5, 0.6) is 0 Å². The number of nitrogens with one attached hydrogen (secondary N) is 2. The number of alkyl halides is 3. The number of thioether (sulfide) groups is 1. The van der Waals surface area contributed by atoms with E-state index in [2.05, 4.69) is 20.7 Å². The normalized spacial score (nSPS) is 11.3. The highest BCUT2D eigenvalue weighted by Gasteiger charge is 2.29. The van der Waals surface area contributed by atoms with Crippen LogP contribution >= 0.6 is 11.8 Å². The van der Waals surface area contributed by atoms with Gasteiger partial charge >= 0.3 is 5.51 Å². The van der Waals surface area contributed by atoms with Gasteiger partial charge in [-0.3, -0.25) is 4.79 Å². The van der Waals surface area contributed by atoms with Gasteiger partial charge in [0.1, 0.15) is 0 Å². The van der Waals surface area contributed by atoms with E-state index in [9.17, 15) is 18.0 Å². The summed E-state index contributed by atoms with van der Waals surface area (Å²) in [6.07, 6.45) is 1.24. The van der Waals surface area contributed by atoms with Gasteiger partial charge in [-0.1, -0.05) is 0 Å². The number of carbonyl (C=O) groups excluding carboxylic acids is 1. The predicted octanol–water partition coefficient (Wildman–Crippen LogP) is 2.67. The molecule has 0 fully saturated rings. The molecule has 2 rings (SSSR count). The molecule has 19 heavy (non-hydrogen) atoms. The molecule has 0 atom stereocenters. The number of H-pyrrole nitrogens is 1. The highest BCUT2D eigenvalue weighted by atomic mass is 32.2. The summed E-state index contributed by atoms with van der Waals surface area (Å²) in [6.45, 7) is 0. The van der Waals surface area contributed by atoms with Crippen LogP contribution in [0.4, 0.5) is 18.9 Å². The van der Waals surface area contributed by atoms with Crippen LogP contribution in [-0.2, 0) is 0 Å². The van der Waals surface area contributed by atoms with Gasteiger partial charge in [-0.25, -0.2) is 0 Å². The molecule has 100 valence electrons. The minimum atomic E-state index is -4.33. The molecule has 0 saturated carbocycles. The summed E-state index contributed by atoms with van der Waals surface area (Å²) >= 11 is -0.214. The molecule has 1 aromatic heterocycles. The summed E-state index contributed by atoms with van der Waals surface area (Å²) in [4.78, 5) is 11.6. The van der Waals surface area contributed by atoms with Gasteiger partial charge in [-0.2, -0.15) is 28.6 Å². The van der Waals surface area contributed by atoms with Gasteiger partial charge in [0.2, 0.25) is 0 Å². The van der Waals surface area contributed by atoms with Gasteiger partial charge < -0.3 is 5.32 Å². The molecular formula is C10H7F3N4OS. The van der Waals surface area contributed by atoms with Gasteiger partial charge in [-0.15, -0.1) is 0 Å². The predicted molar refractivity (Wildman–Crippen MR) is 62.7 cm³/mol. The molecule has 0 saturated heterocycles. The fourth-order valence-electron chi connectivity index (χ4n) is 1.25. The molecule has 5 nitrogen and oxygen atoms in total. The number of aromatic nitrogens is 3. The van der Waals surface area contributed by atoms with Crippen molar-refractivity contribution in [3.63, 3.8) is 0 Å². The minimum Gasteiger partial charge on any atom is -0.321 e. The highest BCUT2D eigenvalue weighted by Crippen LogP contribution is 2.36. The Morgan fingerprint density at radius 1 is 1.26 bits per heavy atom. The van der Waals surface area contributed by atoms with Crippen molar-refractivity contribution in [1.29, 1.82) is 0 Å². The van der Waals surface area contributed by atoms with Crippen LogP contribution in [0, 0.1) is 0 Å². The SMILES string of the molecule is O=C(Nc1ccc(SC(F)(F)F)cc1)c1cn[nH]n1. The van der Waals surface area contributed by atoms with Crippen molar-refractivity contribution in [3.8, 4) is 0 Å². The Bertz CT molecular complexity index is 553. The number of aromatic amines is 1. The van der Waals surface area contributed by atoms with Crippen LogP contribution in [0.25, 0.3) is 0 Å². The van der Waals surface area contributed by atoms with Gasteiger partial charge in [-0.05, 0) is 36.0 Å². The molecule has 0 bridgehead atoms. The van der Waals surface area contributed by atoms with Crippen molar-refractivity contribution in [1.82, 2.24) is 15.4 Å². The molecule has 9 heteroatoms. The van der Waals surface area contributed by atoms with Gasteiger partial charge in [0.05, 0.1) is 6.20 Å². The lowest BCUT2D eigenvalue weighted by Crippen LogP contribution is -2.12. The Hall–Kier alpha value is -2.03. The molecular weight excluding hydrogens is 281 g/mol. The van der Waals surface area contributed by atoms with E-state index in [1.165, 1.54) is 30.5 Å². The van der Waals surface area contributed by atoms with Gasteiger partial charge in [0, 0.05) is 10.6 Å². The lowest BCUT2D eigenvalue weighted by atomic mass is 10.3. The number of anilines is 1. The lowest BCUT2D eigenvalue weighted by molar-refractivity contribution is -0.0328. The number of amides is 1. The lowest BCUT2D eigenvalue weighted by Gasteiger charge is -2.07. The average molecular weight is 288 g/mol. The molecule has 0 aliphatic rings. The molecule has 1 aromatic carbocycles. The fourth-order valence-corrected chi connectivity index (χ4v) is 1.79. The van der Waals surface area contributed by atoms with E-state index in [-0.39, 0.29) is 22.4 Å². The smallest absolute Gasteiger partial charge is 0.321 e. The molecule has 2 N–H and O–H groups in total. The van der Waals surface area contributed by atoms with Crippen molar-refractivity contribution in [3.05, 3.63) is 36.2 Å². The molecule has 0 aliphatic carbocycles. The summed E-state index contributed by atoms with van der Waals surface area (Å²) in [5.41, 5.74) is -3.86. The Labute approximate surface area is 109 Å². The first-order chi connectivity index (χ1) is 8.94. The number of halogens is 3. The van der Waals surface area contributed by atoms with Crippen molar-refractivity contribution in [2.45, 2.75) is 10.4 Å². The van der Waals surface area contributed by atoms with Crippen molar-refractivity contribution < 1.29 is 18.0 Å². The summed E-state index contributed by atoms with van der Waals surface area (Å²) in [7, 11) is 0. The first kappa shape index (κ1) is 13.4. The third-order valence-electron chi connectivity index (χ3n) is 1.99. The zero-order valence-corrected chi connectivity index (χ0v) is 10.0. The fraction of sp³-hybridized carbons (Fsp3) is 0.100. The van der Waals surface area contributed by atoms with Crippen molar-refractivity contribution >= 4 is 23.4 Å². The molecule has 0 unspecified atom stereocenters. The second-order valence-electron chi connectivity index (χ2n) is 3.38. The second-order valence-corrected chi connectivity index (χ2v) is 4.52. The van der Waals surface area contributed by atoms with Gasteiger partial charge in [0.25, 0.3) is 5.91 Å². The van der Waals surface area contributed by atoms with Crippen LogP contribution in [0.2, 0.25) is 0 Å². The van der Waals surface area contributed by atoms with Gasteiger partial charge in [0.15, 0.2) is 5.69 Å².